The van der Waals surface area contributed by atoms with E-state index in [9.17, 15) is 4.79 Å². The van der Waals surface area contributed by atoms with E-state index in [4.69, 9.17) is 15.8 Å². The fourth-order valence-corrected chi connectivity index (χ4v) is 0.297. The highest BCUT2D eigenvalue weighted by Gasteiger charge is 2.26. The molecule has 0 rings (SSSR count). The summed E-state index contributed by atoms with van der Waals surface area (Å²) in [6, 6.07) is 0. The second-order valence-corrected chi connectivity index (χ2v) is 3.53. The molecule has 0 spiro atoms. The second kappa shape index (κ2) is 2.60. The fraction of sp³-hybridized carbons (Fsp3) is 0.750. The van der Waals surface area contributed by atoms with E-state index in [1.54, 1.807) is 13.8 Å². The maximum absolute atomic E-state index is 10.1. The lowest BCUT2D eigenvalue weighted by Crippen LogP contribution is -2.25. The molecule has 0 saturated heterocycles. The van der Waals surface area contributed by atoms with Crippen LogP contribution in [0, 0.1) is 0 Å². The summed E-state index contributed by atoms with van der Waals surface area (Å²) in [7, 11) is 6.03. The van der Waals surface area contributed by atoms with Crippen molar-refractivity contribution in [2.75, 3.05) is 0 Å². The van der Waals surface area contributed by atoms with E-state index in [-0.39, 0.29) is 0 Å². The van der Waals surface area contributed by atoms with Gasteiger partial charge in [0.15, 0.2) is 0 Å². The minimum absolute atomic E-state index is 0.808. The normalized spacial score (nSPS) is 11.4. The highest BCUT2D eigenvalue weighted by Crippen LogP contribution is 2.27. The highest BCUT2D eigenvalue weighted by molar-refractivity contribution is 8.22. The van der Waals surface area contributed by atoms with Gasteiger partial charge in [0.2, 0.25) is 0 Å². The number of hydrogen-bond donors (Lipinski definition) is 1. The Morgan fingerprint density at radius 2 is 2.12 bits per heavy atom. The molecule has 0 heterocycles. The van der Waals surface area contributed by atoms with Gasteiger partial charge < -0.3 is 5.11 Å². The molecule has 48 valence electrons. The van der Waals surface area contributed by atoms with Crippen LogP contribution in [0.4, 0.5) is 0 Å². The lowest BCUT2D eigenvalue weighted by atomic mass is 10.2. The Bertz CT molecular complexity index is 102. The summed E-state index contributed by atoms with van der Waals surface area (Å²) in [6.45, 7) is 3.10. The summed E-state index contributed by atoms with van der Waals surface area (Å²) in [4.78, 5) is 10.1. The fourth-order valence-electron chi connectivity index (χ4n) is 0.0330. The van der Waals surface area contributed by atoms with Crippen LogP contribution >= 0.6 is 21.7 Å². The summed E-state index contributed by atoms with van der Waals surface area (Å²) < 4.78 is -0.860. The topological polar surface area (TPSA) is 37.3 Å². The zero-order valence-corrected chi connectivity index (χ0v) is 6.21. The summed E-state index contributed by atoms with van der Waals surface area (Å²) in [6.07, 6.45) is 0. The molecule has 8 heavy (non-hydrogen) atoms. The summed E-state index contributed by atoms with van der Waals surface area (Å²) in [5.74, 6) is -0.891. The van der Waals surface area contributed by atoms with Crippen molar-refractivity contribution in [2.45, 2.75) is 18.6 Å². The molecular weight excluding hydrogens is 148 g/mol. The Balaban J connectivity index is 3.91. The van der Waals surface area contributed by atoms with Crippen molar-refractivity contribution in [1.82, 2.24) is 0 Å². The molecule has 0 aliphatic heterocycles. The van der Waals surface area contributed by atoms with Crippen molar-refractivity contribution in [1.29, 1.82) is 0 Å². The molecule has 0 aromatic heterocycles. The Morgan fingerprint density at radius 3 is 2.12 bits per heavy atom. The van der Waals surface area contributed by atoms with Crippen molar-refractivity contribution in [3.05, 3.63) is 0 Å². The number of rotatable bonds is 2. The average Bonchev–Trinajstić information content (AvgIpc) is 1.67. The van der Waals surface area contributed by atoms with Gasteiger partial charge in [-0.1, -0.05) is 0 Å². The molecule has 1 N–H and O–H groups in total. The minimum Gasteiger partial charge on any atom is -0.480 e. The predicted molar refractivity (Wildman–Crippen MR) is 35.2 cm³/mol. The van der Waals surface area contributed by atoms with Crippen molar-refractivity contribution >= 4 is 27.6 Å². The van der Waals surface area contributed by atoms with E-state index in [1.165, 1.54) is 0 Å². The molecule has 0 aliphatic carbocycles. The van der Waals surface area contributed by atoms with Gasteiger partial charge in [0.25, 0.3) is 0 Å². The molecule has 0 amide bonds. The molecule has 4 heteroatoms. The highest BCUT2D eigenvalue weighted by atomic mass is 35.7. The first-order valence-corrected chi connectivity index (χ1v) is 3.68. The lowest BCUT2D eigenvalue weighted by molar-refractivity contribution is -0.138. The Morgan fingerprint density at radius 1 is 1.75 bits per heavy atom. The van der Waals surface area contributed by atoms with Gasteiger partial charge in [-0.2, -0.15) is 0 Å². The van der Waals surface area contributed by atoms with Crippen molar-refractivity contribution < 1.29 is 9.90 Å². The summed E-state index contributed by atoms with van der Waals surface area (Å²) >= 11 is 0. The molecule has 0 fully saturated rings. The van der Waals surface area contributed by atoms with Gasteiger partial charge in [-0.3, -0.25) is 4.79 Å². The van der Waals surface area contributed by atoms with E-state index in [1.807, 2.05) is 0 Å². The molecule has 0 aliphatic rings. The molecule has 0 aromatic carbocycles. The number of carboxylic acid groups (broad SMARTS) is 1. The van der Waals surface area contributed by atoms with Gasteiger partial charge in [0.1, 0.15) is 4.75 Å². The van der Waals surface area contributed by atoms with Gasteiger partial charge in [0, 0.05) is 0 Å². The maximum Gasteiger partial charge on any atom is 0.320 e. The Labute approximate surface area is 56.7 Å². The Hall–Kier alpha value is 0.110. The van der Waals surface area contributed by atoms with Gasteiger partial charge >= 0.3 is 5.97 Å². The maximum atomic E-state index is 10.1. The van der Waals surface area contributed by atoms with Crippen LogP contribution in [0.25, 0.3) is 0 Å². The average molecular weight is 155 g/mol. The standard InChI is InChI=1S/C4H7ClO2S/c1-4(2,8-5)3(6)7/h1-2H3,(H,6,7). The number of carboxylic acids is 1. The van der Waals surface area contributed by atoms with Crippen LogP contribution in [0.15, 0.2) is 0 Å². The first-order valence-electron chi connectivity index (χ1n) is 2.04. The van der Waals surface area contributed by atoms with Crippen LogP contribution in [-0.4, -0.2) is 15.8 Å². The van der Waals surface area contributed by atoms with E-state index in [0.29, 0.717) is 0 Å². The number of halogens is 1. The Kier molecular flexibility index (Phi) is 2.63. The molecule has 0 aromatic rings. The third kappa shape index (κ3) is 1.92. The molecule has 2 nitrogen and oxygen atoms in total. The second-order valence-electron chi connectivity index (χ2n) is 1.89. The van der Waals surface area contributed by atoms with Crippen LogP contribution < -0.4 is 0 Å². The first-order chi connectivity index (χ1) is 3.50. The number of carbonyl (C=O) groups is 1. The van der Waals surface area contributed by atoms with Crippen LogP contribution in [0.5, 0.6) is 0 Å². The molecule has 0 saturated carbocycles. The van der Waals surface area contributed by atoms with Crippen LogP contribution in [-0.2, 0) is 4.79 Å². The predicted octanol–water partition coefficient (Wildman–Crippen LogP) is 1.74. The molecule has 0 radical (unpaired) electrons. The van der Waals surface area contributed by atoms with E-state index in [0.717, 1.165) is 11.0 Å². The smallest absolute Gasteiger partial charge is 0.320 e. The van der Waals surface area contributed by atoms with E-state index < -0.39 is 10.7 Å². The van der Waals surface area contributed by atoms with Crippen molar-refractivity contribution in [2.24, 2.45) is 0 Å². The van der Waals surface area contributed by atoms with E-state index in [2.05, 4.69) is 0 Å². The lowest BCUT2D eigenvalue weighted by Gasteiger charge is -2.11. The largest absolute Gasteiger partial charge is 0.480 e. The van der Waals surface area contributed by atoms with Gasteiger partial charge in [-0.25, -0.2) is 0 Å². The van der Waals surface area contributed by atoms with Crippen LogP contribution in [0.1, 0.15) is 13.8 Å². The third-order valence-electron chi connectivity index (χ3n) is 0.708. The van der Waals surface area contributed by atoms with Crippen LogP contribution in [0.3, 0.4) is 0 Å². The van der Waals surface area contributed by atoms with Crippen LogP contribution in [0.2, 0.25) is 0 Å². The van der Waals surface area contributed by atoms with Gasteiger partial charge in [-0.15, -0.1) is 0 Å². The number of hydrogen-bond acceptors (Lipinski definition) is 2. The molecule has 0 bridgehead atoms. The van der Waals surface area contributed by atoms with E-state index >= 15 is 0 Å². The molecule has 0 atom stereocenters. The monoisotopic (exact) mass is 154 g/mol. The quantitative estimate of drug-likeness (QED) is 0.659. The number of aliphatic carboxylic acids is 1. The van der Waals surface area contributed by atoms with Gasteiger partial charge in [0.05, 0.1) is 0 Å². The first kappa shape index (κ1) is 8.11. The zero-order chi connectivity index (χ0) is 6.78. The van der Waals surface area contributed by atoms with Gasteiger partial charge in [-0.05, 0) is 35.5 Å². The van der Waals surface area contributed by atoms with Crippen molar-refractivity contribution in [3.63, 3.8) is 0 Å². The molecule has 0 unspecified atom stereocenters. The summed E-state index contributed by atoms with van der Waals surface area (Å²) in [5.41, 5.74) is 0. The SMILES string of the molecule is CC(C)(SCl)C(=O)O. The molecular formula is C4H7ClO2S. The summed E-state index contributed by atoms with van der Waals surface area (Å²) in [5, 5.41) is 8.34. The zero-order valence-electron chi connectivity index (χ0n) is 4.64. The van der Waals surface area contributed by atoms with Crippen molar-refractivity contribution in [3.8, 4) is 0 Å². The third-order valence-corrected chi connectivity index (χ3v) is 2.43. The minimum atomic E-state index is -0.891.